The van der Waals surface area contributed by atoms with Gasteiger partial charge in [-0.1, -0.05) is 5.46 Å². The van der Waals surface area contributed by atoms with Crippen molar-refractivity contribution in [2.45, 2.75) is 37.3 Å². The Balaban J connectivity index is 1.91. The van der Waals surface area contributed by atoms with Crippen LogP contribution in [0.4, 0.5) is 4.79 Å². The zero-order valence-electron chi connectivity index (χ0n) is 13.2. The number of ether oxygens (including phenoxy) is 1. The lowest BCUT2D eigenvalue weighted by Gasteiger charge is -2.39. The first-order valence-corrected chi connectivity index (χ1v) is 8.47. The lowest BCUT2D eigenvalue weighted by atomic mass is 9.99. The molecule has 2 rings (SSSR count). The Hall–Kier alpha value is -1.61. The topological polar surface area (TPSA) is 88.6 Å². The van der Waals surface area contributed by atoms with Crippen LogP contribution in [-0.2, 0) is 14.8 Å². The lowest BCUT2D eigenvalue weighted by molar-refractivity contribution is 0.00738. The maximum atomic E-state index is 12.2. The number of hydrogen-bond donors (Lipinski definition) is 1. The number of carbonyl (C=O) groups excluding carboxylic acids is 1. The van der Waals surface area contributed by atoms with E-state index in [4.69, 9.17) is 4.74 Å². The van der Waals surface area contributed by atoms with Crippen LogP contribution in [0.25, 0.3) is 0 Å². The quantitative estimate of drug-likeness (QED) is 0.738. The van der Waals surface area contributed by atoms with Gasteiger partial charge in [-0.25, -0.2) is 17.9 Å². The number of hydrogen-bond acceptors (Lipinski definition) is 5. The fourth-order valence-corrected chi connectivity index (χ4v) is 3.25. The molecule has 9 heteroatoms. The Kier molecular flexibility index (Phi) is 4.48. The molecule has 7 nitrogen and oxygen atoms in total. The van der Waals surface area contributed by atoms with Crippen LogP contribution in [0.15, 0.2) is 23.4 Å². The lowest BCUT2D eigenvalue weighted by Crippen LogP contribution is -2.61. The highest BCUT2D eigenvalue weighted by molar-refractivity contribution is 7.89. The van der Waals surface area contributed by atoms with Crippen LogP contribution in [-0.4, -0.2) is 57.0 Å². The van der Waals surface area contributed by atoms with Crippen molar-refractivity contribution in [3.05, 3.63) is 18.5 Å². The molecule has 1 fully saturated rings. The number of aromatic nitrogens is 1. The second-order valence-corrected chi connectivity index (χ2v) is 8.12. The smallest absolute Gasteiger partial charge is 0.410 e. The predicted octanol–water partition coefficient (Wildman–Crippen LogP) is -0.762. The van der Waals surface area contributed by atoms with Crippen molar-refractivity contribution in [3.63, 3.8) is 0 Å². The second-order valence-electron chi connectivity index (χ2n) is 6.40. The third kappa shape index (κ3) is 4.20. The first-order chi connectivity index (χ1) is 10.1. The van der Waals surface area contributed by atoms with Gasteiger partial charge in [0.15, 0.2) is 0 Å². The third-order valence-electron chi connectivity index (χ3n) is 3.02. The van der Waals surface area contributed by atoms with Gasteiger partial charge in [-0.05, 0) is 26.8 Å². The van der Waals surface area contributed by atoms with Gasteiger partial charge < -0.3 is 9.64 Å². The van der Waals surface area contributed by atoms with E-state index in [1.807, 2.05) is 0 Å². The van der Waals surface area contributed by atoms with E-state index < -0.39 is 21.7 Å². The van der Waals surface area contributed by atoms with Crippen LogP contribution < -0.4 is 10.2 Å². The van der Waals surface area contributed by atoms with Crippen molar-refractivity contribution in [2.24, 2.45) is 0 Å². The zero-order valence-corrected chi connectivity index (χ0v) is 14.0. The van der Waals surface area contributed by atoms with Crippen LogP contribution in [0.1, 0.15) is 20.8 Å². The van der Waals surface area contributed by atoms with Gasteiger partial charge in [-0.3, -0.25) is 4.98 Å². The molecular weight excluding hydrogens is 305 g/mol. The molecule has 0 radical (unpaired) electrons. The Morgan fingerprint density at radius 1 is 1.41 bits per heavy atom. The number of pyridine rings is 1. The van der Waals surface area contributed by atoms with Crippen molar-refractivity contribution in [2.75, 3.05) is 13.1 Å². The summed E-state index contributed by atoms with van der Waals surface area (Å²) in [7, 11) is -1.84. The van der Waals surface area contributed by atoms with Crippen LogP contribution in [0.3, 0.4) is 0 Å². The van der Waals surface area contributed by atoms with Crippen molar-refractivity contribution in [3.8, 4) is 0 Å². The molecule has 1 N–H and O–H groups in total. The molecule has 1 aliphatic heterocycles. The summed E-state index contributed by atoms with van der Waals surface area (Å²) in [4.78, 5) is 17.3. The third-order valence-corrected chi connectivity index (χ3v) is 4.50. The molecule has 22 heavy (non-hydrogen) atoms. The molecule has 0 aromatic carbocycles. The van der Waals surface area contributed by atoms with Gasteiger partial charge in [0, 0.05) is 25.5 Å². The van der Waals surface area contributed by atoms with Gasteiger partial charge in [-0.15, -0.1) is 0 Å². The molecule has 0 unspecified atom stereocenters. The standard InChI is InChI=1S/C13H20BN3O4S/c1-13(2,3)21-12(18)17-7-10(8-17)16-22(19,20)11-4-9(14)5-15-6-11/h4-6,10,16H,7-8,14H2,1-3H3. The summed E-state index contributed by atoms with van der Waals surface area (Å²) in [6.45, 7) is 5.96. The molecular formula is C13H20BN3O4S. The van der Waals surface area contributed by atoms with Gasteiger partial charge in [0.25, 0.3) is 0 Å². The van der Waals surface area contributed by atoms with Gasteiger partial charge >= 0.3 is 6.09 Å². The van der Waals surface area contributed by atoms with Crippen LogP contribution >= 0.6 is 0 Å². The van der Waals surface area contributed by atoms with E-state index in [0.717, 1.165) is 5.46 Å². The average Bonchev–Trinajstić information content (AvgIpc) is 2.31. The summed E-state index contributed by atoms with van der Waals surface area (Å²) in [5, 5.41) is 0. The highest BCUT2D eigenvalue weighted by Crippen LogP contribution is 2.16. The number of amides is 1. The largest absolute Gasteiger partial charge is 0.444 e. The molecule has 1 amide bonds. The molecule has 2 heterocycles. The molecule has 0 atom stereocenters. The molecule has 1 aromatic rings. The number of nitrogens with one attached hydrogen (secondary N) is 1. The summed E-state index contributed by atoms with van der Waals surface area (Å²) in [6.07, 6.45) is 2.46. The highest BCUT2D eigenvalue weighted by atomic mass is 32.2. The minimum atomic E-state index is -3.62. The van der Waals surface area contributed by atoms with E-state index in [1.165, 1.54) is 11.1 Å². The van der Waals surface area contributed by atoms with E-state index in [2.05, 4.69) is 9.71 Å². The summed E-state index contributed by atoms with van der Waals surface area (Å²) in [5.74, 6) is 0. The van der Waals surface area contributed by atoms with E-state index in [0.29, 0.717) is 13.1 Å². The highest BCUT2D eigenvalue weighted by Gasteiger charge is 2.36. The Morgan fingerprint density at radius 2 is 2.05 bits per heavy atom. The summed E-state index contributed by atoms with van der Waals surface area (Å²) < 4.78 is 32.2. The molecule has 120 valence electrons. The number of rotatable bonds is 3. The van der Waals surface area contributed by atoms with E-state index in [-0.39, 0.29) is 10.9 Å². The van der Waals surface area contributed by atoms with E-state index in [9.17, 15) is 13.2 Å². The number of carbonyl (C=O) groups is 1. The Bertz CT molecular complexity index is 666. The Morgan fingerprint density at radius 3 is 2.59 bits per heavy atom. The molecule has 1 saturated heterocycles. The maximum absolute atomic E-state index is 12.2. The van der Waals surface area contributed by atoms with Crippen molar-refractivity contribution >= 4 is 29.4 Å². The molecule has 1 aliphatic rings. The van der Waals surface area contributed by atoms with Crippen LogP contribution in [0.2, 0.25) is 0 Å². The summed E-state index contributed by atoms with van der Waals surface area (Å²) >= 11 is 0. The molecule has 0 saturated carbocycles. The number of likely N-dealkylation sites (tertiary alicyclic amines) is 1. The average molecular weight is 325 g/mol. The van der Waals surface area contributed by atoms with Crippen molar-refractivity contribution < 1.29 is 17.9 Å². The Labute approximate surface area is 131 Å². The summed E-state index contributed by atoms with van der Waals surface area (Å²) in [6, 6.07) is 1.25. The summed E-state index contributed by atoms with van der Waals surface area (Å²) in [5.41, 5.74) is 0.210. The SMILES string of the molecule is Bc1cncc(S(=O)(=O)NC2CN(C(=O)OC(C)(C)C)C2)c1. The van der Waals surface area contributed by atoms with Crippen LogP contribution in [0, 0.1) is 0 Å². The molecule has 0 spiro atoms. The normalized spacial score (nSPS) is 16.2. The minimum absolute atomic E-state index is 0.128. The minimum Gasteiger partial charge on any atom is -0.444 e. The second kappa shape index (κ2) is 5.88. The first-order valence-electron chi connectivity index (χ1n) is 6.99. The van der Waals surface area contributed by atoms with Crippen molar-refractivity contribution in [1.82, 2.24) is 14.6 Å². The van der Waals surface area contributed by atoms with Crippen molar-refractivity contribution in [1.29, 1.82) is 0 Å². The first kappa shape index (κ1) is 16.8. The van der Waals surface area contributed by atoms with Crippen LogP contribution in [0.5, 0.6) is 0 Å². The van der Waals surface area contributed by atoms with E-state index in [1.54, 1.807) is 40.9 Å². The monoisotopic (exact) mass is 325 g/mol. The van der Waals surface area contributed by atoms with Gasteiger partial charge in [0.05, 0.1) is 10.9 Å². The fourth-order valence-electron chi connectivity index (χ4n) is 1.99. The fraction of sp³-hybridized carbons (Fsp3) is 0.538. The zero-order chi connectivity index (χ0) is 16.5. The van der Waals surface area contributed by atoms with E-state index >= 15 is 0 Å². The number of nitrogens with zero attached hydrogens (tertiary/aromatic N) is 2. The predicted molar refractivity (Wildman–Crippen MR) is 84.3 cm³/mol. The molecule has 1 aromatic heterocycles. The molecule has 0 aliphatic carbocycles. The van der Waals surface area contributed by atoms with Gasteiger partial charge in [0.2, 0.25) is 10.0 Å². The molecule has 0 bridgehead atoms. The maximum Gasteiger partial charge on any atom is 0.410 e. The van der Waals surface area contributed by atoms with Gasteiger partial charge in [0.1, 0.15) is 13.4 Å². The van der Waals surface area contributed by atoms with Gasteiger partial charge in [-0.2, -0.15) is 0 Å². The number of sulfonamides is 1.